The molecule has 0 saturated carbocycles. The van der Waals surface area contributed by atoms with Crippen LogP contribution in [0.2, 0.25) is 0 Å². The molecule has 0 saturated heterocycles. The number of nitrogens with zero attached hydrogens (tertiary/aromatic N) is 2. The van der Waals surface area contributed by atoms with E-state index in [2.05, 4.69) is 62.0 Å². The molecule has 3 nitrogen and oxygen atoms in total. The second-order valence-corrected chi connectivity index (χ2v) is 5.00. The Kier molecular flexibility index (Phi) is 3.84. The average Bonchev–Trinajstić information content (AvgIpc) is 2.32. The molecule has 0 aliphatic rings. The van der Waals surface area contributed by atoms with Gasteiger partial charge in [-0.05, 0) is 45.7 Å². The molecule has 19 heavy (non-hydrogen) atoms. The van der Waals surface area contributed by atoms with Crippen molar-refractivity contribution in [2.75, 3.05) is 11.9 Å². The van der Waals surface area contributed by atoms with E-state index in [1.807, 2.05) is 0 Å². The first-order chi connectivity index (χ1) is 9.04. The molecule has 0 unspecified atom stereocenters. The first kappa shape index (κ1) is 13.5. The van der Waals surface area contributed by atoms with Gasteiger partial charge >= 0.3 is 0 Å². The average molecular weight is 255 g/mol. The Balaban J connectivity index is 2.63. The van der Waals surface area contributed by atoms with Gasteiger partial charge in [-0.25, -0.2) is 9.97 Å². The topological polar surface area (TPSA) is 37.8 Å². The van der Waals surface area contributed by atoms with E-state index in [4.69, 9.17) is 0 Å². The molecule has 2 rings (SSSR count). The van der Waals surface area contributed by atoms with Gasteiger partial charge in [0.2, 0.25) is 0 Å². The Morgan fingerprint density at radius 3 is 2.21 bits per heavy atom. The van der Waals surface area contributed by atoms with Gasteiger partial charge in [-0.2, -0.15) is 0 Å². The summed E-state index contributed by atoms with van der Waals surface area (Å²) in [6, 6.07) is 4.41. The molecule has 3 heteroatoms. The molecule has 0 amide bonds. The van der Waals surface area contributed by atoms with E-state index in [0.29, 0.717) is 0 Å². The summed E-state index contributed by atoms with van der Waals surface area (Å²) in [4.78, 5) is 8.80. The van der Waals surface area contributed by atoms with E-state index < -0.39 is 0 Å². The van der Waals surface area contributed by atoms with E-state index >= 15 is 0 Å². The molecule has 1 heterocycles. The van der Waals surface area contributed by atoms with Crippen LogP contribution in [0.25, 0.3) is 11.3 Å². The molecule has 1 N–H and O–H groups in total. The van der Waals surface area contributed by atoms with Gasteiger partial charge in [0.05, 0.1) is 5.69 Å². The smallest absolute Gasteiger partial charge is 0.132 e. The third kappa shape index (κ3) is 2.60. The van der Waals surface area contributed by atoms with Crippen molar-refractivity contribution in [2.24, 2.45) is 0 Å². The van der Waals surface area contributed by atoms with E-state index in [9.17, 15) is 0 Å². The van der Waals surface area contributed by atoms with Crippen LogP contribution in [0.3, 0.4) is 0 Å². The van der Waals surface area contributed by atoms with Crippen LogP contribution in [0.15, 0.2) is 18.5 Å². The zero-order valence-electron chi connectivity index (χ0n) is 12.3. The number of nitrogens with one attached hydrogen (secondary N) is 1. The summed E-state index contributed by atoms with van der Waals surface area (Å²) in [5.41, 5.74) is 7.19. The molecule has 0 fully saturated rings. The Labute approximate surface area is 115 Å². The van der Waals surface area contributed by atoms with Crippen molar-refractivity contribution in [3.8, 4) is 11.3 Å². The van der Waals surface area contributed by atoms with Gasteiger partial charge in [0.1, 0.15) is 12.1 Å². The number of hydrogen-bond donors (Lipinski definition) is 1. The van der Waals surface area contributed by atoms with Crippen LogP contribution in [0.1, 0.15) is 29.2 Å². The highest BCUT2D eigenvalue weighted by Crippen LogP contribution is 2.31. The summed E-state index contributed by atoms with van der Waals surface area (Å²) in [6.07, 6.45) is 1.64. The molecular weight excluding hydrogens is 234 g/mol. The monoisotopic (exact) mass is 255 g/mol. The highest BCUT2D eigenvalue weighted by molar-refractivity contribution is 5.73. The molecule has 2 aromatic rings. The fraction of sp³-hybridized carbons (Fsp3) is 0.375. The highest BCUT2D eigenvalue weighted by Gasteiger charge is 2.13. The van der Waals surface area contributed by atoms with Crippen molar-refractivity contribution >= 4 is 5.82 Å². The molecule has 0 aliphatic carbocycles. The zero-order chi connectivity index (χ0) is 14.0. The Hall–Kier alpha value is -1.90. The second kappa shape index (κ2) is 5.39. The van der Waals surface area contributed by atoms with Crippen LogP contribution < -0.4 is 5.32 Å². The van der Waals surface area contributed by atoms with Gasteiger partial charge in [0.25, 0.3) is 0 Å². The molecule has 1 aromatic carbocycles. The van der Waals surface area contributed by atoms with Crippen LogP contribution >= 0.6 is 0 Å². The number of benzene rings is 1. The predicted molar refractivity (Wildman–Crippen MR) is 80.6 cm³/mol. The van der Waals surface area contributed by atoms with Crippen LogP contribution in [0, 0.1) is 27.7 Å². The standard InChI is InChI=1S/C16H21N3/c1-6-17-16-13(5)15(18-9-19-16)14-11(3)7-10(2)8-12(14)4/h7-9H,6H2,1-5H3,(H,17,18,19). The minimum atomic E-state index is 0.864. The maximum absolute atomic E-state index is 4.49. The summed E-state index contributed by atoms with van der Waals surface area (Å²) in [7, 11) is 0. The van der Waals surface area contributed by atoms with Gasteiger partial charge in [-0.15, -0.1) is 0 Å². The molecule has 0 atom stereocenters. The predicted octanol–water partition coefficient (Wildman–Crippen LogP) is 3.81. The van der Waals surface area contributed by atoms with Gasteiger partial charge < -0.3 is 5.32 Å². The maximum atomic E-state index is 4.49. The summed E-state index contributed by atoms with van der Waals surface area (Å²) < 4.78 is 0. The van der Waals surface area contributed by atoms with Gasteiger partial charge in [0.15, 0.2) is 0 Å². The Bertz CT molecular complexity index is 580. The van der Waals surface area contributed by atoms with Crippen molar-refractivity contribution in [3.63, 3.8) is 0 Å². The highest BCUT2D eigenvalue weighted by atomic mass is 15.0. The van der Waals surface area contributed by atoms with Crippen molar-refractivity contribution in [3.05, 3.63) is 40.7 Å². The molecular formula is C16H21N3. The van der Waals surface area contributed by atoms with E-state index in [0.717, 1.165) is 23.6 Å². The first-order valence-corrected chi connectivity index (χ1v) is 6.68. The lowest BCUT2D eigenvalue weighted by atomic mass is 9.95. The molecule has 0 aliphatic heterocycles. The Morgan fingerprint density at radius 1 is 1.00 bits per heavy atom. The summed E-state index contributed by atoms with van der Waals surface area (Å²) in [5, 5.41) is 3.29. The molecule has 0 bridgehead atoms. The third-order valence-electron chi connectivity index (χ3n) is 3.34. The summed E-state index contributed by atoms with van der Waals surface area (Å²) in [5.74, 6) is 0.923. The lowest BCUT2D eigenvalue weighted by Gasteiger charge is -2.15. The van der Waals surface area contributed by atoms with Gasteiger partial charge in [-0.3, -0.25) is 0 Å². The number of rotatable bonds is 3. The van der Waals surface area contributed by atoms with E-state index in [-0.39, 0.29) is 0 Å². The normalized spacial score (nSPS) is 10.6. The SMILES string of the molecule is CCNc1ncnc(-c2c(C)cc(C)cc2C)c1C. The lowest BCUT2D eigenvalue weighted by molar-refractivity contribution is 1.08. The molecule has 0 radical (unpaired) electrons. The van der Waals surface area contributed by atoms with Crippen LogP contribution in [0.4, 0.5) is 5.82 Å². The number of anilines is 1. The van der Waals surface area contributed by atoms with E-state index in [1.54, 1.807) is 6.33 Å². The molecule has 0 spiro atoms. The van der Waals surface area contributed by atoms with Crippen molar-refractivity contribution in [1.82, 2.24) is 9.97 Å². The van der Waals surface area contributed by atoms with Crippen LogP contribution in [-0.2, 0) is 0 Å². The Morgan fingerprint density at radius 2 is 1.63 bits per heavy atom. The number of hydrogen-bond acceptors (Lipinski definition) is 3. The van der Waals surface area contributed by atoms with Crippen molar-refractivity contribution in [2.45, 2.75) is 34.6 Å². The van der Waals surface area contributed by atoms with E-state index in [1.165, 1.54) is 22.3 Å². The number of aromatic nitrogens is 2. The molecule has 1 aromatic heterocycles. The van der Waals surface area contributed by atoms with Gasteiger partial charge in [-0.1, -0.05) is 17.7 Å². The zero-order valence-corrected chi connectivity index (χ0v) is 12.3. The van der Waals surface area contributed by atoms with Crippen LogP contribution in [-0.4, -0.2) is 16.5 Å². The third-order valence-corrected chi connectivity index (χ3v) is 3.34. The summed E-state index contributed by atoms with van der Waals surface area (Å²) in [6.45, 7) is 11.4. The largest absolute Gasteiger partial charge is 0.370 e. The van der Waals surface area contributed by atoms with Crippen molar-refractivity contribution in [1.29, 1.82) is 0 Å². The minimum absolute atomic E-state index is 0.864. The fourth-order valence-corrected chi connectivity index (χ4v) is 2.60. The maximum Gasteiger partial charge on any atom is 0.132 e. The molecule has 100 valence electrons. The van der Waals surface area contributed by atoms with Crippen LogP contribution in [0.5, 0.6) is 0 Å². The van der Waals surface area contributed by atoms with Gasteiger partial charge in [0, 0.05) is 17.7 Å². The quantitative estimate of drug-likeness (QED) is 0.906. The minimum Gasteiger partial charge on any atom is -0.370 e. The lowest BCUT2D eigenvalue weighted by Crippen LogP contribution is -2.04. The second-order valence-electron chi connectivity index (χ2n) is 5.00. The summed E-state index contributed by atoms with van der Waals surface area (Å²) >= 11 is 0. The van der Waals surface area contributed by atoms with Crippen molar-refractivity contribution < 1.29 is 0 Å². The number of aryl methyl sites for hydroxylation is 3. The fourth-order valence-electron chi connectivity index (χ4n) is 2.60. The first-order valence-electron chi connectivity index (χ1n) is 6.68.